The standard InChI is InChI=1S/C24H20N2O2/c1-13-15-5-3-7-21(23(25)27)19(15)11-9-17(13)18-10-12-20-16(14(18)2)6-4-8-22(20)24(26)28/h3-12H,1-2H3,(H2,25,27)(H2,26,28). The summed E-state index contributed by atoms with van der Waals surface area (Å²) in [5.41, 5.74) is 16.4. The summed E-state index contributed by atoms with van der Waals surface area (Å²) in [7, 11) is 0. The van der Waals surface area contributed by atoms with Crippen molar-refractivity contribution >= 4 is 33.4 Å². The van der Waals surface area contributed by atoms with E-state index in [4.69, 9.17) is 11.5 Å². The van der Waals surface area contributed by atoms with Crippen molar-refractivity contribution in [2.75, 3.05) is 0 Å². The Labute approximate surface area is 162 Å². The summed E-state index contributed by atoms with van der Waals surface area (Å²) in [5.74, 6) is -0.864. The first-order chi connectivity index (χ1) is 13.4. The van der Waals surface area contributed by atoms with E-state index in [1.54, 1.807) is 12.1 Å². The number of benzene rings is 4. The fourth-order valence-corrected chi connectivity index (χ4v) is 4.03. The molecule has 4 nitrogen and oxygen atoms in total. The van der Waals surface area contributed by atoms with Gasteiger partial charge in [-0.1, -0.05) is 48.5 Å². The maximum Gasteiger partial charge on any atom is 0.249 e. The summed E-state index contributed by atoms with van der Waals surface area (Å²) in [6.07, 6.45) is 0. The predicted molar refractivity (Wildman–Crippen MR) is 113 cm³/mol. The average molecular weight is 368 g/mol. The molecule has 0 heterocycles. The Kier molecular flexibility index (Phi) is 4.12. The minimum atomic E-state index is -0.432. The van der Waals surface area contributed by atoms with Gasteiger partial charge >= 0.3 is 0 Å². The van der Waals surface area contributed by atoms with E-state index in [0.717, 1.165) is 43.8 Å². The largest absolute Gasteiger partial charge is 0.366 e. The smallest absolute Gasteiger partial charge is 0.249 e. The van der Waals surface area contributed by atoms with Crippen LogP contribution in [0.1, 0.15) is 31.8 Å². The molecule has 2 amide bonds. The summed E-state index contributed by atoms with van der Waals surface area (Å²) in [6.45, 7) is 4.10. The van der Waals surface area contributed by atoms with Gasteiger partial charge in [0.05, 0.1) is 0 Å². The van der Waals surface area contributed by atoms with Gasteiger partial charge in [-0.2, -0.15) is 0 Å². The summed E-state index contributed by atoms with van der Waals surface area (Å²) < 4.78 is 0. The van der Waals surface area contributed by atoms with E-state index in [-0.39, 0.29) is 0 Å². The number of carbonyl (C=O) groups is 2. The van der Waals surface area contributed by atoms with E-state index in [2.05, 4.69) is 0 Å². The van der Waals surface area contributed by atoms with E-state index < -0.39 is 11.8 Å². The van der Waals surface area contributed by atoms with Crippen molar-refractivity contribution in [2.24, 2.45) is 11.5 Å². The number of hydrogen-bond donors (Lipinski definition) is 2. The van der Waals surface area contributed by atoms with Gasteiger partial charge in [-0.15, -0.1) is 0 Å². The number of amides is 2. The van der Waals surface area contributed by atoms with E-state index >= 15 is 0 Å². The van der Waals surface area contributed by atoms with Crippen molar-refractivity contribution in [1.29, 1.82) is 0 Å². The summed E-state index contributed by atoms with van der Waals surface area (Å²) in [5, 5.41) is 3.70. The Bertz CT molecular complexity index is 1190. The monoisotopic (exact) mass is 368 g/mol. The SMILES string of the molecule is Cc1c(-c2ccc3c(C(N)=O)cccc3c2C)ccc2c(C(N)=O)cccc12. The van der Waals surface area contributed by atoms with Crippen molar-refractivity contribution in [3.63, 3.8) is 0 Å². The second kappa shape index (κ2) is 6.50. The molecule has 0 unspecified atom stereocenters. The van der Waals surface area contributed by atoms with Crippen molar-refractivity contribution in [1.82, 2.24) is 0 Å². The molecule has 4 aromatic carbocycles. The molecule has 4 aromatic rings. The van der Waals surface area contributed by atoms with Crippen LogP contribution in [0, 0.1) is 13.8 Å². The van der Waals surface area contributed by atoms with Gasteiger partial charge in [0.25, 0.3) is 0 Å². The van der Waals surface area contributed by atoms with Crippen LogP contribution in [0.3, 0.4) is 0 Å². The van der Waals surface area contributed by atoms with Crippen LogP contribution in [0.4, 0.5) is 0 Å². The highest BCUT2D eigenvalue weighted by Gasteiger charge is 2.15. The molecule has 28 heavy (non-hydrogen) atoms. The zero-order chi connectivity index (χ0) is 20.0. The van der Waals surface area contributed by atoms with Crippen LogP contribution in [0.25, 0.3) is 32.7 Å². The molecule has 0 bridgehead atoms. The maximum absolute atomic E-state index is 11.8. The Hall–Kier alpha value is -3.66. The van der Waals surface area contributed by atoms with Gasteiger partial charge in [-0.05, 0) is 69.8 Å². The summed E-state index contributed by atoms with van der Waals surface area (Å²) >= 11 is 0. The van der Waals surface area contributed by atoms with Gasteiger partial charge in [0.1, 0.15) is 0 Å². The highest BCUT2D eigenvalue weighted by Crippen LogP contribution is 2.36. The molecule has 0 spiro atoms. The third kappa shape index (κ3) is 2.62. The van der Waals surface area contributed by atoms with Crippen LogP contribution in [-0.4, -0.2) is 11.8 Å². The van der Waals surface area contributed by atoms with Gasteiger partial charge in [0.15, 0.2) is 0 Å². The fourth-order valence-electron chi connectivity index (χ4n) is 4.03. The Balaban J connectivity index is 1.99. The van der Waals surface area contributed by atoms with Gasteiger partial charge < -0.3 is 11.5 Å². The average Bonchev–Trinajstić information content (AvgIpc) is 2.68. The molecule has 4 rings (SSSR count). The normalized spacial score (nSPS) is 11.1. The first kappa shape index (κ1) is 17.7. The lowest BCUT2D eigenvalue weighted by Gasteiger charge is -2.16. The minimum Gasteiger partial charge on any atom is -0.366 e. The van der Waals surface area contributed by atoms with Gasteiger partial charge in [-0.3, -0.25) is 9.59 Å². The quantitative estimate of drug-likeness (QED) is 0.559. The Morgan fingerprint density at radius 2 is 0.964 bits per heavy atom. The highest BCUT2D eigenvalue weighted by atomic mass is 16.1. The zero-order valence-electron chi connectivity index (χ0n) is 15.7. The number of hydrogen-bond acceptors (Lipinski definition) is 2. The van der Waals surface area contributed by atoms with Crippen molar-refractivity contribution in [3.8, 4) is 11.1 Å². The molecule has 4 N–H and O–H groups in total. The molecule has 0 fully saturated rings. The topological polar surface area (TPSA) is 86.2 Å². The predicted octanol–water partition coefficient (Wildman–Crippen LogP) is 4.47. The van der Waals surface area contributed by atoms with Crippen LogP contribution in [0.15, 0.2) is 60.7 Å². The molecule has 0 radical (unpaired) electrons. The minimum absolute atomic E-state index is 0.432. The van der Waals surface area contributed by atoms with Crippen LogP contribution in [0.2, 0.25) is 0 Å². The molecule has 0 aromatic heterocycles. The van der Waals surface area contributed by atoms with E-state index in [1.807, 2.05) is 62.4 Å². The van der Waals surface area contributed by atoms with E-state index in [0.29, 0.717) is 11.1 Å². The number of aryl methyl sites for hydroxylation is 2. The van der Waals surface area contributed by atoms with Crippen LogP contribution in [0.5, 0.6) is 0 Å². The molecule has 0 saturated heterocycles. The number of primary amides is 2. The summed E-state index contributed by atoms with van der Waals surface area (Å²) in [6, 6.07) is 19.1. The van der Waals surface area contributed by atoms with E-state index in [1.165, 1.54) is 0 Å². The fraction of sp³-hybridized carbons (Fsp3) is 0.0833. The number of fused-ring (bicyclic) bond motifs is 2. The Morgan fingerprint density at radius 1 is 0.571 bits per heavy atom. The molecule has 0 atom stereocenters. The second-order valence-electron chi connectivity index (χ2n) is 7.01. The molecular formula is C24H20N2O2. The molecule has 0 aliphatic heterocycles. The zero-order valence-corrected chi connectivity index (χ0v) is 15.7. The lowest BCUT2D eigenvalue weighted by Crippen LogP contribution is -2.11. The van der Waals surface area contributed by atoms with Crippen LogP contribution < -0.4 is 11.5 Å². The third-order valence-corrected chi connectivity index (χ3v) is 5.48. The van der Waals surface area contributed by atoms with Gasteiger partial charge in [0.2, 0.25) is 11.8 Å². The molecule has 138 valence electrons. The maximum atomic E-state index is 11.8. The van der Waals surface area contributed by atoms with Crippen molar-refractivity contribution in [3.05, 3.63) is 82.9 Å². The Morgan fingerprint density at radius 3 is 1.32 bits per heavy atom. The number of nitrogens with two attached hydrogens (primary N) is 2. The second-order valence-corrected chi connectivity index (χ2v) is 7.01. The molecular weight excluding hydrogens is 348 g/mol. The first-order valence-corrected chi connectivity index (χ1v) is 9.04. The lowest BCUT2D eigenvalue weighted by atomic mass is 9.88. The van der Waals surface area contributed by atoms with Crippen LogP contribution >= 0.6 is 0 Å². The third-order valence-electron chi connectivity index (χ3n) is 5.48. The van der Waals surface area contributed by atoms with Gasteiger partial charge in [-0.25, -0.2) is 0 Å². The van der Waals surface area contributed by atoms with Gasteiger partial charge in [0, 0.05) is 11.1 Å². The van der Waals surface area contributed by atoms with Crippen LogP contribution in [-0.2, 0) is 0 Å². The first-order valence-electron chi connectivity index (χ1n) is 9.04. The molecule has 0 aliphatic rings. The van der Waals surface area contributed by atoms with Crippen molar-refractivity contribution < 1.29 is 9.59 Å². The highest BCUT2D eigenvalue weighted by molar-refractivity contribution is 6.10. The summed E-state index contributed by atoms with van der Waals surface area (Å²) in [4.78, 5) is 23.5. The van der Waals surface area contributed by atoms with E-state index in [9.17, 15) is 9.59 Å². The number of carbonyl (C=O) groups excluding carboxylic acids is 2. The molecule has 4 heteroatoms. The lowest BCUT2D eigenvalue weighted by molar-refractivity contribution is 0.0993. The molecule has 0 saturated carbocycles. The molecule has 0 aliphatic carbocycles. The number of rotatable bonds is 3. The van der Waals surface area contributed by atoms with Crippen molar-refractivity contribution in [2.45, 2.75) is 13.8 Å².